The third-order valence-corrected chi connectivity index (χ3v) is 5.61. The van der Waals surface area contributed by atoms with Crippen LogP contribution in [-0.2, 0) is 11.4 Å². The Hall–Kier alpha value is -2.90. The Morgan fingerprint density at radius 3 is 2.60 bits per heavy atom. The van der Waals surface area contributed by atoms with Crippen LogP contribution in [0.15, 0.2) is 87.2 Å². The van der Waals surface area contributed by atoms with Gasteiger partial charge in [-0.3, -0.25) is 4.79 Å². The van der Waals surface area contributed by atoms with Crippen LogP contribution in [0.25, 0.3) is 6.08 Å². The summed E-state index contributed by atoms with van der Waals surface area (Å²) >= 11 is 4.74. The third-order valence-electron chi connectivity index (χ3n) is 4.20. The molecule has 1 saturated heterocycles. The zero-order valence-electron chi connectivity index (χ0n) is 15.6. The molecule has 3 aromatic carbocycles. The predicted octanol–water partition coefficient (Wildman–Crippen LogP) is 6.06. The first kappa shape index (κ1) is 20.4. The second kappa shape index (κ2) is 9.28. The van der Waals surface area contributed by atoms with Gasteiger partial charge < -0.3 is 10.1 Å². The summed E-state index contributed by atoms with van der Waals surface area (Å²) in [6, 6.07) is 21.2. The molecule has 0 aliphatic carbocycles. The summed E-state index contributed by atoms with van der Waals surface area (Å²) in [5.74, 6) is 0.126. The summed E-state index contributed by atoms with van der Waals surface area (Å²) in [6.07, 6.45) is 1.78. The number of thioether (sulfide) groups is 1. The number of rotatable bonds is 5. The lowest BCUT2D eigenvalue weighted by atomic mass is 10.2. The maximum absolute atomic E-state index is 13.1. The molecule has 1 aliphatic rings. The van der Waals surface area contributed by atoms with Crippen LogP contribution >= 0.6 is 27.7 Å². The highest BCUT2D eigenvalue weighted by Crippen LogP contribution is 2.32. The molecule has 0 spiro atoms. The summed E-state index contributed by atoms with van der Waals surface area (Å²) in [5.41, 5.74) is 2.38. The topological polar surface area (TPSA) is 50.7 Å². The fourth-order valence-corrected chi connectivity index (χ4v) is 3.96. The second-order valence-electron chi connectivity index (χ2n) is 6.41. The molecule has 0 aromatic heterocycles. The maximum Gasteiger partial charge on any atom is 0.264 e. The monoisotopic (exact) mass is 482 g/mol. The Labute approximate surface area is 186 Å². The molecule has 0 unspecified atom stereocenters. The van der Waals surface area contributed by atoms with Gasteiger partial charge in [0.2, 0.25) is 0 Å². The molecule has 0 atom stereocenters. The van der Waals surface area contributed by atoms with E-state index in [-0.39, 0.29) is 18.3 Å². The van der Waals surface area contributed by atoms with E-state index in [4.69, 9.17) is 4.74 Å². The zero-order valence-corrected chi connectivity index (χ0v) is 18.0. The number of hydrogen-bond donors (Lipinski definition) is 1. The van der Waals surface area contributed by atoms with E-state index in [0.717, 1.165) is 21.3 Å². The average Bonchev–Trinajstić information content (AvgIpc) is 3.08. The highest BCUT2D eigenvalue weighted by atomic mass is 79.9. The molecular formula is C23H16BrFN2O2S. The van der Waals surface area contributed by atoms with E-state index in [1.807, 2.05) is 48.5 Å². The number of amidine groups is 1. The molecule has 1 fully saturated rings. The number of halogens is 2. The molecule has 4 rings (SSSR count). The largest absolute Gasteiger partial charge is 0.488 e. The van der Waals surface area contributed by atoms with Gasteiger partial charge in [-0.05, 0) is 65.9 Å². The number of carbonyl (C=O) groups is 1. The molecule has 7 heteroatoms. The average molecular weight is 483 g/mol. The number of benzene rings is 3. The van der Waals surface area contributed by atoms with Crippen molar-refractivity contribution in [3.63, 3.8) is 0 Å². The van der Waals surface area contributed by atoms with Gasteiger partial charge in [-0.2, -0.15) is 0 Å². The normalized spacial score (nSPS) is 16.1. The molecule has 4 nitrogen and oxygen atoms in total. The molecule has 1 heterocycles. The van der Waals surface area contributed by atoms with Gasteiger partial charge >= 0.3 is 0 Å². The van der Waals surface area contributed by atoms with Crippen molar-refractivity contribution in [2.75, 3.05) is 0 Å². The number of para-hydroxylation sites is 1. The lowest BCUT2D eigenvalue weighted by Crippen LogP contribution is -2.19. The minimum atomic E-state index is -0.287. The summed E-state index contributed by atoms with van der Waals surface area (Å²) in [5, 5.41) is 3.32. The van der Waals surface area contributed by atoms with E-state index in [9.17, 15) is 9.18 Å². The molecule has 1 amide bonds. The first-order chi connectivity index (χ1) is 14.6. The fraction of sp³-hybridized carbons (Fsp3) is 0.0435. The molecule has 30 heavy (non-hydrogen) atoms. The van der Waals surface area contributed by atoms with Crippen molar-refractivity contribution in [2.45, 2.75) is 6.61 Å². The van der Waals surface area contributed by atoms with Crippen molar-refractivity contribution in [1.29, 1.82) is 0 Å². The van der Waals surface area contributed by atoms with Gasteiger partial charge in [-0.1, -0.05) is 46.3 Å². The third kappa shape index (κ3) is 5.17. The van der Waals surface area contributed by atoms with Gasteiger partial charge in [0.05, 0.1) is 10.6 Å². The lowest BCUT2D eigenvalue weighted by molar-refractivity contribution is -0.115. The van der Waals surface area contributed by atoms with Crippen LogP contribution in [0.3, 0.4) is 0 Å². The smallest absolute Gasteiger partial charge is 0.264 e. The van der Waals surface area contributed by atoms with Gasteiger partial charge in [-0.25, -0.2) is 9.38 Å². The minimum Gasteiger partial charge on any atom is -0.488 e. The Kier molecular flexibility index (Phi) is 6.30. The van der Waals surface area contributed by atoms with Crippen LogP contribution in [0.5, 0.6) is 5.75 Å². The number of aliphatic imine (C=N–C) groups is 1. The Morgan fingerprint density at radius 2 is 1.83 bits per heavy atom. The van der Waals surface area contributed by atoms with Crippen molar-refractivity contribution in [3.05, 3.63) is 99.1 Å². The number of nitrogens with zero attached hydrogens (tertiary/aromatic N) is 1. The first-order valence-corrected chi connectivity index (χ1v) is 10.7. The lowest BCUT2D eigenvalue weighted by Gasteiger charge is -2.10. The fourth-order valence-electron chi connectivity index (χ4n) is 2.75. The maximum atomic E-state index is 13.1. The van der Waals surface area contributed by atoms with Crippen molar-refractivity contribution in [2.24, 2.45) is 4.99 Å². The van der Waals surface area contributed by atoms with Crippen LogP contribution in [0.1, 0.15) is 11.1 Å². The molecule has 0 radical (unpaired) electrons. The van der Waals surface area contributed by atoms with Crippen LogP contribution in [0.2, 0.25) is 0 Å². The number of carbonyl (C=O) groups excluding carboxylic acids is 1. The zero-order chi connectivity index (χ0) is 20.9. The standard InChI is InChI=1S/C23H16BrFN2O2S/c24-17-8-11-20(29-14-15-6-9-18(25)10-7-15)16(12-17)13-21-22(28)27-23(30-21)26-19-4-2-1-3-5-19/h1-13H,14H2,(H,26,27,28). The van der Waals surface area contributed by atoms with Crippen LogP contribution in [0.4, 0.5) is 10.1 Å². The van der Waals surface area contributed by atoms with E-state index in [1.54, 1.807) is 18.2 Å². The first-order valence-electron chi connectivity index (χ1n) is 9.08. The van der Waals surface area contributed by atoms with Crippen LogP contribution in [-0.4, -0.2) is 11.1 Å². The van der Waals surface area contributed by atoms with Crippen molar-refractivity contribution >= 4 is 50.5 Å². The van der Waals surface area contributed by atoms with Gasteiger partial charge in [-0.15, -0.1) is 0 Å². The second-order valence-corrected chi connectivity index (χ2v) is 8.36. The number of nitrogens with one attached hydrogen (secondary N) is 1. The van der Waals surface area contributed by atoms with Gasteiger partial charge in [0, 0.05) is 10.0 Å². The van der Waals surface area contributed by atoms with Gasteiger partial charge in [0.25, 0.3) is 5.91 Å². The molecular weight excluding hydrogens is 467 g/mol. The van der Waals surface area contributed by atoms with Crippen LogP contribution < -0.4 is 10.1 Å². The summed E-state index contributed by atoms with van der Waals surface area (Å²) in [6.45, 7) is 0.290. The minimum absolute atomic E-state index is 0.209. The molecule has 1 aliphatic heterocycles. The van der Waals surface area contributed by atoms with Gasteiger partial charge in [0.1, 0.15) is 18.2 Å². The molecule has 0 bridgehead atoms. The highest BCUT2D eigenvalue weighted by molar-refractivity contribution is 9.10. The number of amides is 1. The van der Waals surface area contributed by atoms with E-state index >= 15 is 0 Å². The van der Waals surface area contributed by atoms with Crippen molar-refractivity contribution in [1.82, 2.24) is 5.32 Å². The highest BCUT2D eigenvalue weighted by Gasteiger charge is 2.24. The Balaban J connectivity index is 1.55. The van der Waals surface area contributed by atoms with Gasteiger partial charge in [0.15, 0.2) is 5.17 Å². The SMILES string of the molecule is O=C1NC(=Nc2ccccc2)SC1=Cc1cc(Br)ccc1OCc1ccc(F)cc1. The Morgan fingerprint density at radius 1 is 1.07 bits per heavy atom. The Bertz CT molecular complexity index is 1130. The molecule has 1 N–H and O–H groups in total. The van der Waals surface area contributed by atoms with E-state index in [2.05, 4.69) is 26.2 Å². The molecule has 0 saturated carbocycles. The molecule has 3 aromatic rings. The number of hydrogen-bond acceptors (Lipinski definition) is 4. The van der Waals surface area contributed by atoms with E-state index in [1.165, 1.54) is 23.9 Å². The van der Waals surface area contributed by atoms with Crippen molar-refractivity contribution in [3.8, 4) is 5.75 Å². The van der Waals surface area contributed by atoms with Crippen LogP contribution in [0, 0.1) is 5.82 Å². The summed E-state index contributed by atoms with van der Waals surface area (Å²) < 4.78 is 19.9. The number of ether oxygens (including phenoxy) is 1. The summed E-state index contributed by atoms with van der Waals surface area (Å²) in [7, 11) is 0. The quantitative estimate of drug-likeness (QED) is 0.449. The van der Waals surface area contributed by atoms with E-state index in [0.29, 0.717) is 15.8 Å². The predicted molar refractivity (Wildman–Crippen MR) is 122 cm³/mol. The summed E-state index contributed by atoms with van der Waals surface area (Å²) in [4.78, 5) is 17.4. The molecule has 150 valence electrons. The van der Waals surface area contributed by atoms with Crippen molar-refractivity contribution < 1.29 is 13.9 Å². The van der Waals surface area contributed by atoms with E-state index < -0.39 is 0 Å².